The third-order valence-electron chi connectivity index (χ3n) is 5.54. The van der Waals surface area contributed by atoms with E-state index in [2.05, 4.69) is 32.0 Å². The minimum absolute atomic E-state index is 0.00132. The second-order valence-electron chi connectivity index (χ2n) is 10.6. The average Bonchev–Trinajstić information content (AvgIpc) is 2.97. The molecule has 1 amide bonds. The van der Waals surface area contributed by atoms with Crippen LogP contribution in [-0.2, 0) is 24.4 Å². The lowest BCUT2D eigenvalue weighted by Gasteiger charge is -2.28. The largest absolute Gasteiger partial charge is 0.496 e. The summed E-state index contributed by atoms with van der Waals surface area (Å²) < 4.78 is 18.2. The van der Waals surface area contributed by atoms with Gasteiger partial charge in [-0.3, -0.25) is 4.79 Å². The second kappa shape index (κ2) is 8.78. The van der Waals surface area contributed by atoms with Gasteiger partial charge < -0.3 is 19.1 Å². The van der Waals surface area contributed by atoms with E-state index in [1.165, 1.54) is 11.1 Å². The molecule has 1 aliphatic heterocycles. The average molecular weight is 440 g/mol. The van der Waals surface area contributed by atoms with Crippen molar-refractivity contribution in [3.8, 4) is 11.5 Å². The van der Waals surface area contributed by atoms with Gasteiger partial charge in [0.2, 0.25) is 0 Å². The highest BCUT2D eigenvalue weighted by molar-refractivity contribution is 6.00. The highest BCUT2D eigenvalue weighted by atomic mass is 16.5. The number of carbonyl (C=O) groups is 1. The molecule has 0 radical (unpaired) electrons. The second-order valence-corrected chi connectivity index (χ2v) is 10.6. The molecular formula is C27H37NO4. The zero-order valence-electron chi connectivity index (χ0n) is 21.0. The van der Waals surface area contributed by atoms with E-state index in [0.29, 0.717) is 36.8 Å². The van der Waals surface area contributed by atoms with Crippen LogP contribution in [0.2, 0.25) is 0 Å². The fourth-order valence-electron chi connectivity index (χ4n) is 3.79. The Morgan fingerprint density at radius 2 is 1.66 bits per heavy atom. The molecule has 0 aliphatic carbocycles. The number of ether oxygens (including phenoxy) is 3. The number of methoxy groups -OCH3 is 1. The van der Waals surface area contributed by atoms with Gasteiger partial charge in [0, 0.05) is 12.1 Å². The fourth-order valence-corrected chi connectivity index (χ4v) is 3.79. The molecule has 0 aromatic heterocycles. The number of carbonyl (C=O) groups excluding carboxylic acids is 1. The van der Waals surface area contributed by atoms with Crippen LogP contribution in [0.4, 0.5) is 0 Å². The number of benzene rings is 2. The molecule has 1 heterocycles. The van der Waals surface area contributed by atoms with Crippen molar-refractivity contribution in [3.63, 3.8) is 0 Å². The van der Waals surface area contributed by atoms with Gasteiger partial charge in [0.25, 0.3) is 5.91 Å². The molecule has 0 unspecified atom stereocenters. The van der Waals surface area contributed by atoms with Crippen LogP contribution < -0.4 is 9.47 Å². The molecule has 0 spiro atoms. The van der Waals surface area contributed by atoms with E-state index in [1.807, 2.05) is 52.5 Å². The van der Waals surface area contributed by atoms with E-state index in [0.717, 1.165) is 16.7 Å². The Labute approximate surface area is 192 Å². The lowest BCUT2D eigenvalue weighted by Crippen LogP contribution is -2.26. The SMILES string of the molecule is COc1cc2c(c(OC(C)(C)C)c1COC(C)(C)C)CN(Cc1ccc(C)c(C)c1)C2=O. The van der Waals surface area contributed by atoms with Crippen LogP contribution in [0.1, 0.15) is 79.7 Å². The maximum absolute atomic E-state index is 13.4. The highest BCUT2D eigenvalue weighted by Crippen LogP contribution is 2.42. The molecular weight excluding hydrogens is 402 g/mol. The third kappa shape index (κ3) is 5.44. The topological polar surface area (TPSA) is 48.0 Å². The van der Waals surface area contributed by atoms with E-state index in [-0.39, 0.29) is 11.5 Å². The standard InChI is InChI=1S/C27H37NO4/c1-17-10-11-19(12-18(17)2)14-28-15-21-20(25(28)29)13-23(30-9)22(16-31-26(3,4)5)24(21)32-27(6,7)8/h10-13H,14-16H2,1-9H3. The van der Waals surface area contributed by atoms with E-state index in [9.17, 15) is 4.79 Å². The van der Waals surface area contributed by atoms with Crippen molar-refractivity contribution in [2.45, 2.75) is 86.3 Å². The molecule has 5 nitrogen and oxygen atoms in total. The Kier molecular flexibility index (Phi) is 6.62. The van der Waals surface area contributed by atoms with Gasteiger partial charge in [-0.1, -0.05) is 18.2 Å². The number of nitrogens with zero attached hydrogens (tertiary/aromatic N) is 1. The number of hydrogen-bond donors (Lipinski definition) is 0. The molecule has 0 bridgehead atoms. The van der Waals surface area contributed by atoms with E-state index < -0.39 is 5.60 Å². The van der Waals surface area contributed by atoms with Gasteiger partial charge >= 0.3 is 0 Å². The summed E-state index contributed by atoms with van der Waals surface area (Å²) in [5, 5.41) is 0. The smallest absolute Gasteiger partial charge is 0.255 e. The normalized spacial score (nSPS) is 14.0. The van der Waals surface area contributed by atoms with Crippen LogP contribution in [0.3, 0.4) is 0 Å². The van der Waals surface area contributed by atoms with E-state index in [4.69, 9.17) is 14.2 Å². The Morgan fingerprint density at radius 3 is 2.22 bits per heavy atom. The van der Waals surface area contributed by atoms with Gasteiger partial charge in [-0.05, 0) is 78.1 Å². The molecule has 174 valence electrons. The summed E-state index contributed by atoms with van der Waals surface area (Å²) in [6.45, 7) is 17.7. The lowest BCUT2D eigenvalue weighted by atomic mass is 10.0. The van der Waals surface area contributed by atoms with Crippen molar-refractivity contribution < 1.29 is 19.0 Å². The van der Waals surface area contributed by atoms with Gasteiger partial charge in [0.05, 0.1) is 37.0 Å². The Morgan fingerprint density at radius 1 is 0.969 bits per heavy atom. The summed E-state index contributed by atoms with van der Waals surface area (Å²) in [5.74, 6) is 1.32. The molecule has 0 fully saturated rings. The lowest BCUT2D eigenvalue weighted by molar-refractivity contribution is -0.0175. The molecule has 0 saturated heterocycles. The van der Waals surface area contributed by atoms with Gasteiger partial charge in [0.1, 0.15) is 17.1 Å². The molecule has 2 aromatic carbocycles. The monoisotopic (exact) mass is 439 g/mol. The van der Waals surface area contributed by atoms with Crippen molar-refractivity contribution in [3.05, 3.63) is 57.6 Å². The van der Waals surface area contributed by atoms with Crippen molar-refractivity contribution in [2.75, 3.05) is 7.11 Å². The number of amides is 1. The summed E-state index contributed by atoms with van der Waals surface area (Å²) in [6, 6.07) is 8.20. The van der Waals surface area contributed by atoms with Crippen molar-refractivity contribution in [1.29, 1.82) is 0 Å². The van der Waals surface area contributed by atoms with Gasteiger partial charge in [-0.15, -0.1) is 0 Å². The minimum atomic E-state index is -0.429. The molecule has 0 atom stereocenters. The van der Waals surface area contributed by atoms with Crippen LogP contribution in [0.25, 0.3) is 0 Å². The number of hydrogen-bond acceptors (Lipinski definition) is 4. The maximum Gasteiger partial charge on any atom is 0.255 e. The first kappa shape index (κ1) is 24.1. The van der Waals surface area contributed by atoms with Crippen molar-refractivity contribution >= 4 is 5.91 Å². The summed E-state index contributed by atoms with van der Waals surface area (Å²) in [4.78, 5) is 15.2. The first-order chi connectivity index (χ1) is 14.8. The molecule has 5 heteroatoms. The zero-order valence-corrected chi connectivity index (χ0v) is 21.0. The minimum Gasteiger partial charge on any atom is -0.496 e. The predicted molar refractivity (Wildman–Crippen MR) is 127 cm³/mol. The van der Waals surface area contributed by atoms with Gasteiger partial charge in [0.15, 0.2) is 0 Å². The van der Waals surface area contributed by atoms with Crippen molar-refractivity contribution in [2.24, 2.45) is 0 Å². The predicted octanol–water partition coefficient (Wildman–Crippen LogP) is 5.96. The molecule has 32 heavy (non-hydrogen) atoms. The fraction of sp³-hybridized carbons (Fsp3) is 0.519. The third-order valence-corrected chi connectivity index (χ3v) is 5.54. The number of rotatable bonds is 6. The molecule has 3 rings (SSSR count). The highest BCUT2D eigenvalue weighted by Gasteiger charge is 2.35. The number of fused-ring (bicyclic) bond motifs is 1. The zero-order chi connectivity index (χ0) is 23.8. The quantitative estimate of drug-likeness (QED) is 0.557. The summed E-state index contributed by atoms with van der Waals surface area (Å²) in [6.07, 6.45) is 0. The summed E-state index contributed by atoms with van der Waals surface area (Å²) in [7, 11) is 1.62. The van der Waals surface area contributed by atoms with Gasteiger partial charge in [-0.25, -0.2) is 0 Å². The van der Waals surface area contributed by atoms with Crippen LogP contribution in [0.5, 0.6) is 11.5 Å². The summed E-state index contributed by atoms with van der Waals surface area (Å²) >= 11 is 0. The van der Waals surface area contributed by atoms with Crippen LogP contribution in [0.15, 0.2) is 24.3 Å². The summed E-state index contributed by atoms with van der Waals surface area (Å²) in [5.41, 5.74) is 5.25. The van der Waals surface area contributed by atoms with E-state index >= 15 is 0 Å². The maximum atomic E-state index is 13.4. The Balaban J connectivity index is 2.02. The van der Waals surface area contributed by atoms with E-state index in [1.54, 1.807) is 7.11 Å². The Bertz CT molecular complexity index is 1010. The Hall–Kier alpha value is -2.53. The van der Waals surface area contributed by atoms with Crippen LogP contribution in [-0.4, -0.2) is 29.1 Å². The molecule has 2 aromatic rings. The molecule has 0 saturated carbocycles. The number of aryl methyl sites for hydroxylation is 2. The van der Waals surface area contributed by atoms with Crippen molar-refractivity contribution in [1.82, 2.24) is 4.90 Å². The molecule has 0 N–H and O–H groups in total. The molecule has 1 aliphatic rings. The van der Waals surface area contributed by atoms with Crippen LogP contribution >= 0.6 is 0 Å². The first-order valence-electron chi connectivity index (χ1n) is 11.2. The van der Waals surface area contributed by atoms with Crippen LogP contribution in [0, 0.1) is 13.8 Å². The first-order valence-corrected chi connectivity index (χ1v) is 11.2. The van der Waals surface area contributed by atoms with Gasteiger partial charge in [-0.2, -0.15) is 0 Å².